The minimum Gasteiger partial charge on any atom is -0.496 e. The lowest BCUT2D eigenvalue weighted by Crippen LogP contribution is -2.12. The molecule has 0 aliphatic carbocycles. The van der Waals surface area contributed by atoms with Crippen LogP contribution >= 0.6 is 0 Å². The fourth-order valence-corrected chi connectivity index (χ4v) is 3.09. The number of carbonyl (C=O) groups is 1. The number of nitrogens with one attached hydrogen (secondary N) is 1. The molecule has 150 valence electrons. The van der Waals surface area contributed by atoms with E-state index in [1.165, 1.54) is 0 Å². The molecular formula is C23H26N4O2. The van der Waals surface area contributed by atoms with E-state index in [2.05, 4.69) is 27.2 Å². The van der Waals surface area contributed by atoms with Gasteiger partial charge in [0.05, 0.1) is 12.8 Å². The molecule has 1 atom stereocenters. The first-order chi connectivity index (χ1) is 14.0. The van der Waals surface area contributed by atoms with Gasteiger partial charge in [0.2, 0.25) is 0 Å². The van der Waals surface area contributed by atoms with Gasteiger partial charge in [0, 0.05) is 48.0 Å². The third-order valence-electron chi connectivity index (χ3n) is 4.87. The van der Waals surface area contributed by atoms with Gasteiger partial charge >= 0.3 is 0 Å². The first-order valence-corrected chi connectivity index (χ1v) is 9.72. The summed E-state index contributed by atoms with van der Waals surface area (Å²) in [4.78, 5) is 24.9. The highest BCUT2D eigenvalue weighted by atomic mass is 16.5. The molecule has 2 aromatic heterocycles. The minimum absolute atomic E-state index is 0.111. The zero-order valence-electron chi connectivity index (χ0n) is 17.3. The van der Waals surface area contributed by atoms with Crippen LogP contribution in [0.2, 0.25) is 0 Å². The van der Waals surface area contributed by atoms with Crippen molar-refractivity contribution in [2.24, 2.45) is 0 Å². The van der Waals surface area contributed by atoms with E-state index in [1.807, 2.05) is 56.4 Å². The van der Waals surface area contributed by atoms with Crippen molar-refractivity contribution in [2.45, 2.75) is 33.1 Å². The van der Waals surface area contributed by atoms with Crippen molar-refractivity contribution in [3.8, 4) is 17.0 Å². The maximum Gasteiger partial charge on any atom is 0.162 e. The highest BCUT2D eigenvalue weighted by Gasteiger charge is 2.14. The number of hydrogen-bond acceptors (Lipinski definition) is 6. The molecule has 3 aromatic rings. The standard InChI is InChI=1S/C23H26N4O2/c1-5-21(28)17-8-9-19(22(10-17)29-4)15(2)12-25-23-11-20(26-14-27-23)18-7-6-16(3)24-13-18/h6-11,13-15H,5,12H2,1-4H3,(H,25,26,27)/t15-/m1/s1. The molecule has 29 heavy (non-hydrogen) atoms. The van der Waals surface area contributed by atoms with Crippen LogP contribution in [0.1, 0.15) is 47.8 Å². The van der Waals surface area contributed by atoms with Gasteiger partial charge in [0.1, 0.15) is 17.9 Å². The predicted molar refractivity (Wildman–Crippen MR) is 115 cm³/mol. The lowest BCUT2D eigenvalue weighted by molar-refractivity contribution is 0.0988. The minimum atomic E-state index is 0.111. The molecule has 0 fully saturated rings. The van der Waals surface area contributed by atoms with E-state index in [-0.39, 0.29) is 11.7 Å². The fraction of sp³-hybridized carbons (Fsp3) is 0.304. The average Bonchev–Trinajstić information content (AvgIpc) is 2.77. The van der Waals surface area contributed by atoms with Crippen molar-refractivity contribution in [1.82, 2.24) is 15.0 Å². The number of anilines is 1. The molecule has 0 aliphatic heterocycles. The number of Topliss-reactive ketones (excluding diaryl/α,β-unsaturated/α-hetero) is 1. The summed E-state index contributed by atoms with van der Waals surface area (Å²) >= 11 is 0. The van der Waals surface area contributed by atoms with Gasteiger partial charge in [-0.2, -0.15) is 0 Å². The maximum atomic E-state index is 12.0. The van der Waals surface area contributed by atoms with Gasteiger partial charge in [-0.25, -0.2) is 9.97 Å². The Morgan fingerprint density at radius 1 is 1.14 bits per heavy atom. The molecule has 0 saturated heterocycles. The predicted octanol–water partition coefficient (Wildman–Crippen LogP) is 4.66. The first-order valence-electron chi connectivity index (χ1n) is 9.72. The largest absolute Gasteiger partial charge is 0.496 e. The Morgan fingerprint density at radius 3 is 2.66 bits per heavy atom. The lowest BCUT2D eigenvalue weighted by atomic mass is 9.97. The van der Waals surface area contributed by atoms with Crippen LogP contribution in [0.3, 0.4) is 0 Å². The molecule has 1 aromatic carbocycles. The summed E-state index contributed by atoms with van der Waals surface area (Å²) in [5.41, 5.74) is 4.47. The third kappa shape index (κ3) is 4.96. The Kier molecular flexibility index (Phi) is 6.54. The molecule has 0 spiro atoms. The number of ether oxygens (including phenoxy) is 1. The molecule has 0 amide bonds. The second-order valence-corrected chi connectivity index (χ2v) is 6.99. The van der Waals surface area contributed by atoms with Gasteiger partial charge < -0.3 is 10.1 Å². The Morgan fingerprint density at radius 2 is 1.97 bits per heavy atom. The van der Waals surface area contributed by atoms with E-state index in [0.717, 1.165) is 34.1 Å². The summed E-state index contributed by atoms with van der Waals surface area (Å²) in [5.74, 6) is 1.75. The zero-order chi connectivity index (χ0) is 20.8. The number of ketones is 1. The number of rotatable bonds is 8. The lowest BCUT2D eigenvalue weighted by Gasteiger charge is -2.17. The van der Waals surface area contributed by atoms with Crippen LogP contribution in [0.15, 0.2) is 48.9 Å². The zero-order valence-corrected chi connectivity index (χ0v) is 17.3. The maximum absolute atomic E-state index is 12.0. The third-order valence-corrected chi connectivity index (χ3v) is 4.87. The summed E-state index contributed by atoms with van der Waals surface area (Å²) in [6.45, 7) is 6.59. The smallest absolute Gasteiger partial charge is 0.162 e. The summed E-state index contributed by atoms with van der Waals surface area (Å²) in [7, 11) is 1.63. The van der Waals surface area contributed by atoms with Crippen LogP contribution in [0, 0.1) is 6.92 Å². The highest BCUT2D eigenvalue weighted by molar-refractivity contribution is 5.96. The Hall–Kier alpha value is -3.28. The summed E-state index contributed by atoms with van der Waals surface area (Å²) in [6.07, 6.45) is 3.84. The summed E-state index contributed by atoms with van der Waals surface area (Å²) < 4.78 is 5.53. The van der Waals surface area contributed by atoms with Crippen LogP contribution in [-0.4, -0.2) is 34.4 Å². The molecule has 0 radical (unpaired) electrons. The molecular weight excluding hydrogens is 364 g/mol. The van der Waals surface area contributed by atoms with Gasteiger partial charge in [-0.15, -0.1) is 0 Å². The topological polar surface area (TPSA) is 77.0 Å². The number of aromatic nitrogens is 3. The molecule has 0 bridgehead atoms. The monoisotopic (exact) mass is 390 g/mol. The van der Waals surface area contributed by atoms with Crippen molar-refractivity contribution in [1.29, 1.82) is 0 Å². The average molecular weight is 390 g/mol. The quantitative estimate of drug-likeness (QED) is 0.564. The van der Waals surface area contributed by atoms with Crippen molar-refractivity contribution in [3.63, 3.8) is 0 Å². The van der Waals surface area contributed by atoms with E-state index in [9.17, 15) is 4.79 Å². The van der Waals surface area contributed by atoms with E-state index in [1.54, 1.807) is 13.4 Å². The van der Waals surface area contributed by atoms with Gasteiger partial charge in [0.15, 0.2) is 5.78 Å². The molecule has 1 N–H and O–H groups in total. The second-order valence-electron chi connectivity index (χ2n) is 6.99. The summed E-state index contributed by atoms with van der Waals surface area (Å²) in [6, 6.07) is 11.5. The number of nitrogens with zero attached hydrogens (tertiary/aromatic N) is 3. The van der Waals surface area contributed by atoms with Crippen LogP contribution in [0.4, 0.5) is 5.82 Å². The Labute approximate surface area is 171 Å². The molecule has 0 aliphatic rings. The molecule has 0 unspecified atom stereocenters. The van der Waals surface area contributed by atoms with E-state index in [4.69, 9.17) is 4.74 Å². The fourth-order valence-electron chi connectivity index (χ4n) is 3.09. The van der Waals surface area contributed by atoms with Gasteiger partial charge in [-0.05, 0) is 30.7 Å². The van der Waals surface area contributed by atoms with E-state index >= 15 is 0 Å². The van der Waals surface area contributed by atoms with E-state index in [0.29, 0.717) is 18.5 Å². The summed E-state index contributed by atoms with van der Waals surface area (Å²) in [5, 5.41) is 3.37. The van der Waals surface area contributed by atoms with Gasteiger partial charge in [0.25, 0.3) is 0 Å². The molecule has 6 heteroatoms. The van der Waals surface area contributed by atoms with Crippen molar-refractivity contribution < 1.29 is 9.53 Å². The first kappa shape index (κ1) is 20.5. The number of hydrogen-bond donors (Lipinski definition) is 1. The van der Waals surface area contributed by atoms with E-state index < -0.39 is 0 Å². The number of benzene rings is 1. The molecule has 6 nitrogen and oxygen atoms in total. The number of pyridine rings is 1. The molecule has 3 rings (SSSR count). The Bertz CT molecular complexity index is 986. The second kappa shape index (κ2) is 9.28. The normalized spacial score (nSPS) is 11.7. The Balaban J connectivity index is 1.72. The van der Waals surface area contributed by atoms with Gasteiger partial charge in [-0.3, -0.25) is 9.78 Å². The number of methoxy groups -OCH3 is 1. The molecule has 2 heterocycles. The van der Waals surface area contributed by atoms with Crippen molar-refractivity contribution in [2.75, 3.05) is 19.0 Å². The number of aryl methyl sites for hydroxylation is 1. The number of carbonyl (C=O) groups excluding carboxylic acids is 1. The van der Waals surface area contributed by atoms with Crippen LogP contribution in [0.5, 0.6) is 5.75 Å². The highest BCUT2D eigenvalue weighted by Crippen LogP contribution is 2.28. The van der Waals surface area contributed by atoms with Crippen LogP contribution < -0.4 is 10.1 Å². The van der Waals surface area contributed by atoms with Crippen molar-refractivity contribution >= 4 is 11.6 Å². The van der Waals surface area contributed by atoms with Crippen LogP contribution in [0.25, 0.3) is 11.3 Å². The molecule has 0 saturated carbocycles. The SMILES string of the molecule is CCC(=O)c1ccc([C@H](C)CNc2cc(-c3ccc(C)nc3)ncn2)c(OC)c1. The van der Waals surface area contributed by atoms with Gasteiger partial charge in [-0.1, -0.05) is 26.0 Å². The van der Waals surface area contributed by atoms with Crippen molar-refractivity contribution in [3.05, 3.63) is 65.7 Å². The van der Waals surface area contributed by atoms with Crippen LogP contribution in [-0.2, 0) is 0 Å².